The molecule has 2 saturated heterocycles. The Kier molecular flexibility index (Phi) is 16.1. The number of fused-ring (bicyclic) bond motifs is 2. The first-order valence-corrected chi connectivity index (χ1v) is 26.1. The summed E-state index contributed by atoms with van der Waals surface area (Å²) >= 11 is 11.6. The average molecular weight is 1030 g/mol. The standard InChI is InChI=1S/2C15H23ClN5O9PS/c2*1-6(2)4-32(27,28)15(31(24,25)26)29-3-7-9(22)10(23)13(30-7)21-5-18-8-11(17)19-14(16)20-12(8)21/h2*5-7,9-10,13,15,22-23H,3-4H2,1-2H3,(H2,17,19,20)(H2,24,25,26)/t7-,9-,10-,13-,15+;7-,9-,10-,13-,15-/m11/s1. The Hall–Kier alpha value is -2.84. The fraction of sp³-hybridized carbons (Fsp3) is 0.667. The molecule has 64 heavy (non-hydrogen) atoms. The summed E-state index contributed by atoms with van der Waals surface area (Å²) in [5.74, 6) is -1.91. The van der Waals surface area contributed by atoms with Crippen molar-refractivity contribution in [2.45, 2.75) is 87.1 Å². The Morgan fingerprint density at radius 2 is 0.984 bits per heavy atom. The number of anilines is 2. The van der Waals surface area contributed by atoms with Gasteiger partial charge in [0.15, 0.2) is 55.1 Å². The molecule has 10 atom stereocenters. The number of imidazole rings is 2. The lowest BCUT2D eigenvalue weighted by atomic mass is 10.1. The summed E-state index contributed by atoms with van der Waals surface area (Å²) in [6, 6.07) is 0. The van der Waals surface area contributed by atoms with Crippen LogP contribution >= 0.6 is 38.4 Å². The number of sulfone groups is 2. The van der Waals surface area contributed by atoms with Crippen molar-refractivity contribution in [3.05, 3.63) is 23.2 Å². The number of aliphatic hydroxyl groups excluding tert-OH is 4. The highest BCUT2D eigenvalue weighted by atomic mass is 35.5. The Morgan fingerprint density at radius 1 is 0.656 bits per heavy atom. The molecule has 0 amide bonds. The minimum atomic E-state index is -5.22. The number of nitrogen functional groups attached to an aromatic ring is 2. The van der Waals surface area contributed by atoms with Crippen molar-refractivity contribution < 1.29 is 84.9 Å². The van der Waals surface area contributed by atoms with Gasteiger partial charge < -0.3 is 70.4 Å². The van der Waals surface area contributed by atoms with E-state index in [2.05, 4.69) is 29.9 Å². The van der Waals surface area contributed by atoms with Gasteiger partial charge in [0.1, 0.15) is 47.7 Å². The summed E-state index contributed by atoms with van der Waals surface area (Å²) in [4.78, 5) is 61.5. The second-order valence-corrected chi connectivity index (χ2v) is 24.2. The molecule has 0 saturated carbocycles. The van der Waals surface area contributed by atoms with Gasteiger partial charge in [-0.1, -0.05) is 27.7 Å². The van der Waals surface area contributed by atoms with Crippen LogP contribution in [0.1, 0.15) is 40.2 Å². The zero-order chi connectivity index (χ0) is 48.0. The van der Waals surface area contributed by atoms with Crippen molar-refractivity contribution in [2.24, 2.45) is 11.8 Å². The maximum atomic E-state index is 12.4. The second-order valence-electron chi connectivity index (χ2n) is 15.4. The first kappa shape index (κ1) is 52.1. The van der Waals surface area contributed by atoms with Crippen LogP contribution in [0, 0.1) is 11.8 Å². The normalized spacial score (nSPS) is 25.6. The SMILES string of the molecule is CC(C)CS(=O)(=O)[C@@H](OC[C@H]1O[C@@H](n2cnc3c(N)nc(Cl)nc32)[C@H](O)[C@@H]1O)P(=O)(O)O.CC(C)CS(=O)(=O)[C@H](OC[C@H]1O[C@@H](n2cnc3c(N)nc(Cl)nc32)[C@H](O)[C@@H]1O)P(=O)(O)O. The minimum Gasteiger partial charge on any atom is -0.387 e. The number of aromatic nitrogens is 8. The Morgan fingerprint density at radius 3 is 1.28 bits per heavy atom. The number of aliphatic hydroxyl groups is 4. The van der Waals surface area contributed by atoms with E-state index in [0.717, 1.165) is 0 Å². The van der Waals surface area contributed by atoms with Crippen LogP contribution in [0.25, 0.3) is 22.3 Å². The molecule has 0 unspecified atom stereocenters. The zero-order valence-electron chi connectivity index (χ0n) is 33.8. The highest BCUT2D eigenvalue weighted by Crippen LogP contribution is 2.47. The van der Waals surface area contributed by atoms with Gasteiger partial charge in [-0.2, -0.15) is 19.9 Å². The Labute approximate surface area is 373 Å². The summed E-state index contributed by atoms with van der Waals surface area (Å²) in [5, 5.41) is 36.3. The molecule has 0 aromatic carbocycles. The maximum absolute atomic E-state index is 12.4. The highest BCUT2D eigenvalue weighted by molar-refractivity contribution is 7.98. The summed E-state index contributed by atoms with van der Waals surface area (Å²) in [5.41, 5.74) is 12.0. The van der Waals surface area contributed by atoms with E-state index in [1.807, 2.05) is 0 Å². The molecule has 0 bridgehead atoms. The predicted molar refractivity (Wildman–Crippen MR) is 222 cm³/mol. The smallest absolute Gasteiger partial charge is 0.369 e. The van der Waals surface area contributed by atoms with E-state index in [9.17, 15) is 66.0 Å². The Bertz CT molecular complexity index is 2460. The van der Waals surface area contributed by atoms with E-state index < -0.39 is 131 Å². The van der Waals surface area contributed by atoms with Gasteiger partial charge in [0.2, 0.25) is 10.6 Å². The summed E-state index contributed by atoms with van der Waals surface area (Å²) in [7, 11) is -19.1. The molecule has 6 rings (SSSR count). The largest absolute Gasteiger partial charge is 0.387 e. The van der Waals surface area contributed by atoms with E-state index in [-0.39, 0.29) is 44.5 Å². The molecule has 28 nitrogen and oxygen atoms in total. The molecule has 2 fully saturated rings. The van der Waals surface area contributed by atoms with Gasteiger partial charge in [-0.05, 0) is 35.0 Å². The highest BCUT2D eigenvalue weighted by Gasteiger charge is 2.49. The van der Waals surface area contributed by atoms with Crippen LogP contribution < -0.4 is 11.5 Å². The number of nitrogens with zero attached hydrogens (tertiary/aromatic N) is 8. The van der Waals surface area contributed by atoms with E-state index in [0.29, 0.717) is 0 Å². The second kappa shape index (κ2) is 19.8. The van der Waals surface area contributed by atoms with Gasteiger partial charge in [0, 0.05) is 0 Å². The van der Waals surface area contributed by atoms with Crippen molar-refractivity contribution in [3.8, 4) is 0 Å². The van der Waals surface area contributed by atoms with Crippen LogP contribution in [0.3, 0.4) is 0 Å². The summed E-state index contributed by atoms with van der Waals surface area (Å²) in [6.07, 6.45) is -8.98. The van der Waals surface area contributed by atoms with Gasteiger partial charge in [0.25, 0.3) is 10.4 Å². The van der Waals surface area contributed by atoms with Gasteiger partial charge in [-0.15, -0.1) is 0 Å². The van der Waals surface area contributed by atoms with Crippen LogP contribution in [-0.2, 0) is 47.8 Å². The number of nitrogens with two attached hydrogens (primary N) is 2. The van der Waals surface area contributed by atoms with Gasteiger partial charge in [-0.3, -0.25) is 18.3 Å². The molecule has 4 aromatic heterocycles. The molecule has 12 N–H and O–H groups in total. The maximum Gasteiger partial charge on any atom is 0.369 e. The minimum absolute atomic E-state index is 0.0217. The fourth-order valence-electron chi connectivity index (χ4n) is 6.66. The lowest BCUT2D eigenvalue weighted by molar-refractivity contribution is -0.0648. The monoisotopic (exact) mass is 1030 g/mol. The molecular weight excluding hydrogens is 985 g/mol. The van der Waals surface area contributed by atoms with Gasteiger partial charge >= 0.3 is 15.2 Å². The van der Waals surface area contributed by atoms with E-state index in [1.54, 1.807) is 27.7 Å². The number of halogens is 2. The molecule has 360 valence electrons. The molecule has 6 heterocycles. The molecule has 0 spiro atoms. The van der Waals surface area contributed by atoms with Crippen LogP contribution in [0.15, 0.2) is 12.7 Å². The van der Waals surface area contributed by atoms with Crippen molar-refractivity contribution in [3.63, 3.8) is 0 Å². The van der Waals surface area contributed by atoms with Crippen molar-refractivity contribution in [1.82, 2.24) is 39.0 Å². The Balaban J connectivity index is 0.000000241. The number of hydrogen-bond donors (Lipinski definition) is 10. The lowest BCUT2D eigenvalue weighted by Gasteiger charge is -2.23. The number of hydrogen-bond acceptors (Lipinski definition) is 22. The molecule has 0 aliphatic carbocycles. The molecule has 34 heteroatoms. The van der Waals surface area contributed by atoms with Crippen LogP contribution in [-0.4, -0.2) is 168 Å². The molecule has 2 aliphatic rings. The first-order chi connectivity index (χ1) is 29.4. The third-order valence-corrected chi connectivity index (χ3v) is 18.2. The van der Waals surface area contributed by atoms with E-state index >= 15 is 0 Å². The molecule has 4 aromatic rings. The summed E-state index contributed by atoms with van der Waals surface area (Å²) in [6.45, 7) is 4.81. The number of ether oxygens (including phenoxy) is 4. The fourth-order valence-corrected chi connectivity index (χ4v) is 14.2. The van der Waals surface area contributed by atoms with Crippen LogP contribution in [0.4, 0.5) is 11.6 Å². The third-order valence-electron chi connectivity index (χ3n) is 9.17. The van der Waals surface area contributed by atoms with Gasteiger partial charge in [-0.25, -0.2) is 26.8 Å². The van der Waals surface area contributed by atoms with Crippen LogP contribution in [0.2, 0.25) is 10.6 Å². The first-order valence-electron chi connectivity index (χ1n) is 18.6. The predicted octanol–water partition coefficient (Wildman–Crippen LogP) is -1.54. The van der Waals surface area contributed by atoms with Crippen molar-refractivity contribution in [2.75, 3.05) is 36.2 Å². The molecule has 2 aliphatic heterocycles. The van der Waals surface area contributed by atoms with E-state index in [4.69, 9.17) is 53.6 Å². The third kappa shape index (κ3) is 11.6. The average Bonchev–Trinajstić information content (AvgIpc) is 3.88. The van der Waals surface area contributed by atoms with Crippen LogP contribution in [0.5, 0.6) is 0 Å². The van der Waals surface area contributed by atoms with Crippen molar-refractivity contribution in [1.29, 1.82) is 0 Å². The van der Waals surface area contributed by atoms with Gasteiger partial charge in [0.05, 0.1) is 37.4 Å². The molecular formula is C30H46Cl2N10O18P2S2. The molecule has 0 radical (unpaired) electrons. The van der Waals surface area contributed by atoms with E-state index in [1.165, 1.54) is 21.8 Å². The van der Waals surface area contributed by atoms with Crippen molar-refractivity contribution >= 4 is 92.0 Å². The zero-order valence-corrected chi connectivity index (χ0v) is 38.7. The number of rotatable bonds is 16. The summed E-state index contributed by atoms with van der Waals surface area (Å²) < 4.78 is 96.7. The lowest BCUT2D eigenvalue weighted by Crippen LogP contribution is -2.37. The quantitative estimate of drug-likeness (QED) is 0.0449. The topological polar surface area (TPSA) is 440 Å².